The lowest BCUT2D eigenvalue weighted by atomic mass is 10.1. The second kappa shape index (κ2) is 3.84. The van der Waals surface area contributed by atoms with Gasteiger partial charge in [-0.15, -0.1) is 0 Å². The summed E-state index contributed by atoms with van der Waals surface area (Å²) in [6.45, 7) is 0. The molecule has 0 bridgehead atoms. The third-order valence-corrected chi connectivity index (χ3v) is 3.79. The molecule has 0 atom stereocenters. The van der Waals surface area contributed by atoms with Crippen LogP contribution in [0.2, 0.25) is 0 Å². The molecule has 0 aromatic heterocycles. The van der Waals surface area contributed by atoms with Crippen molar-refractivity contribution in [3.63, 3.8) is 0 Å². The molecule has 4 heteroatoms. The molecule has 2 aromatic rings. The first-order valence-electron chi connectivity index (χ1n) is 4.54. The van der Waals surface area contributed by atoms with Gasteiger partial charge in [-0.3, -0.25) is 4.79 Å². The molecule has 0 spiro atoms. The van der Waals surface area contributed by atoms with Crippen molar-refractivity contribution in [2.24, 2.45) is 5.40 Å². The van der Waals surface area contributed by atoms with Gasteiger partial charge in [-0.1, -0.05) is 42.5 Å². The van der Waals surface area contributed by atoms with E-state index in [4.69, 9.17) is 10.5 Å². The van der Waals surface area contributed by atoms with Gasteiger partial charge >= 0.3 is 8.96 Å². The number of carboxylic acid groups (broad SMARTS) is 1. The molecule has 3 nitrogen and oxygen atoms in total. The van der Waals surface area contributed by atoms with Crippen LogP contribution in [-0.4, -0.2) is 19.7 Å². The summed E-state index contributed by atoms with van der Waals surface area (Å²) in [5, 5.41) is 17.4. The molecule has 75 valence electrons. The van der Waals surface area contributed by atoms with Crippen molar-refractivity contribution in [3.8, 4) is 0 Å². The molecule has 0 saturated carbocycles. The fourth-order valence-electron chi connectivity index (χ4n) is 1.58. The summed E-state index contributed by atoms with van der Waals surface area (Å²) in [4.78, 5) is 10.9. The molecule has 15 heavy (non-hydrogen) atoms. The maximum atomic E-state index is 10.9. The molecule has 1 radical (unpaired) electrons. The SMILES string of the molecule is N[Si](C(=O)O)c1cccc2ccccc12. The molecule has 0 saturated heterocycles. The minimum absolute atomic E-state index is 0.755. The second-order valence-electron chi connectivity index (χ2n) is 3.25. The number of rotatable bonds is 2. The summed E-state index contributed by atoms with van der Waals surface area (Å²) in [6.07, 6.45) is 0. The highest BCUT2D eigenvalue weighted by Gasteiger charge is 2.20. The van der Waals surface area contributed by atoms with Crippen LogP contribution in [-0.2, 0) is 0 Å². The summed E-state index contributed by atoms with van der Waals surface area (Å²) < 4.78 is 0. The van der Waals surface area contributed by atoms with E-state index in [1.807, 2.05) is 36.4 Å². The normalized spacial score (nSPS) is 10.8. The zero-order chi connectivity index (χ0) is 10.8. The van der Waals surface area contributed by atoms with Crippen LogP contribution in [0.4, 0.5) is 4.79 Å². The highest BCUT2D eigenvalue weighted by atomic mass is 28.3. The van der Waals surface area contributed by atoms with Crippen molar-refractivity contribution in [2.75, 3.05) is 0 Å². The number of benzene rings is 2. The Hall–Kier alpha value is -1.65. The molecule has 2 rings (SSSR count). The lowest BCUT2D eigenvalue weighted by Gasteiger charge is -2.07. The molecule has 0 aliphatic heterocycles. The van der Waals surface area contributed by atoms with Crippen LogP contribution in [0.25, 0.3) is 10.8 Å². The monoisotopic (exact) mass is 216 g/mol. The van der Waals surface area contributed by atoms with Gasteiger partial charge in [-0.05, 0) is 16.0 Å². The zero-order valence-corrected chi connectivity index (χ0v) is 8.97. The third-order valence-electron chi connectivity index (χ3n) is 2.31. The fraction of sp³-hybridized carbons (Fsp3) is 0. The van der Waals surface area contributed by atoms with Crippen molar-refractivity contribution in [1.82, 2.24) is 0 Å². The Kier molecular flexibility index (Phi) is 2.53. The van der Waals surface area contributed by atoms with Gasteiger partial charge in [0, 0.05) is 0 Å². The average Bonchev–Trinajstić information content (AvgIpc) is 2.27. The van der Waals surface area contributed by atoms with Crippen molar-refractivity contribution in [2.45, 2.75) is 0 Å². The number of hydrogen-bond acceptors (Lipinski definition) is 2. The van der Waals surface area contributed by atoms with Gasteiger partial charge in [0.25, 0.3) is 5.59 Å². The molecule has 2 aromatic carbocycles. The van der Waals surface area contributed by atoms with Crippen molar-refractivity contribution >= 4 is 30.5 Å². The molecular weight excluding hydrogens is 206 g/mol. The van der Waals surface area contributed by atoms with E-state index in [0.717, 1.165) is 16.0 Å². The summed E-state index contributed by atoms with van der Waals surface area (Å²) in [7, 11) is -1.99. The molecular formula is C11H10NO2Si. The zero-order valence-electron chi connectivity index (χ0n) is 7.97. The largest absolute Gasteiger partial charge is 0.484 e. The van der Waals surface area contributed by atoms with Crippen LogP contribution < -0.4 is 10.6 Å². The Morgan fingerprint density at radius 1 is 1.13 bits per heavy atom. The van der Waals surface area contributed by atoms with E-state index in [1.165, 1.54) is 0 Å². The Bertz CT molecular complexity index is 507. The van der Waals surface area contributed by atoms with Gasteiger partial charge < -0.3 is 10.5 Å². The van der Waals surface area contributed by atoms with E-state index < -0.39 is 14.6 Å². The van der Waals surface area contributed by atoms with Crippen LogP contribution in [0.3, 0.4) is 0 Å². The number of fused-ring (bicyclic) bond motifs is 1. The Morgan fingerprint density at radius 2 is 1.80 bits per heavy atom. The predicted molar refractivity (Wildman–Crippen MR) is 61.5 cm³/mol. The van der Waals surface area contributed by atoms with Crippen LogP contribution in [0, 0.1) is 0 Å². The Balaban J connectivity index is 2.65. The lowest BCUT2D eigenvalue weighted by molar-refractivity contribution is 0.219. The summed E-state index contributed by atoms with van der Waals surface area (Å²) >= 11 is 0. The molecule has 3 N–H and O–H groups in total. The number of hydrogen-bond donors (Lipinski definition) is 2. The standard InChI is InChI=1S/C11H10NO2Si/c12-15(11(13)14)10-7-3-5-8-4-1-2-6-9(8)10/h1-7H,12H2,(H,13,14). The van der Waals surface area contributed by atoms with E-state index >= 15 is 0 Å². The van der Waals surface area contributed by atoms with E-state index in [-0.39, 0.29) is 0 Å². The molecule has 0 aliphatic carbocycles. The van der Waals surface area contributed by atoms with Crippen LogP contribution in [0.5, 0.6) is 0 Å². The molecule has 0 amide bonds. The first kappa shape index (κ1) is 9.89. The Labute approximate surface area is 88.8 Å². The van der Waals surface area contributed by atoms with Gasteiger partial charge in [-0.2, -0.15) is 0 Å². The van der Waals surface area contributed by atoms with Gasteiger partial charge in [-0.25, -0.2) is 0 Å². The minimum Gasteiger partial charge on any atom is -0.484 e. The first-order chi connectivity index (χ1) is 7.20. The molecule has 0 aliphatic rings. The van der Waals surface area contributed by atoms with Crippen LogP contribution in [0.15, 0.2) is 42.5 Å². The average molecular weight is 216 g/mol. The highest BCUT2D eigenvalue weighted by molar-refractivity contribution is 6.97. The van der Waals surface area contributed by atoms with E-state index in [9.17, 15) is 4.79 Å². The van der Waals surface area contributed by atoms with E-state index in [2.05, 4.69) is 0 Å². The number of nitrogens with two attached hydrogens (primary N) is 1. The predicted octanol–water partition coefficient (Wildman–Crippen LogP) is 1.26. The van der Waals surface area contributed by atoms with Crippen LogP contribution in [0.1, 0.15) is 0 Å². The van der Waals surface area contributed by atoms with E-state index in [1.54, 1.807) is 6.07 Å². The fourth-order valence-corrected chi connectivity index (χ4v) is 2.60. The Morgan fingerprint density at radius 3 is 2.53 bits per heavy atom. The summed E-state index contributed by atoms with van der Waals surface area (Å²) in [6, 6.07) is 13.3. The molecule has 0 fully saturated rings. The summed E-state index contributed by atoms with van der Waals surface area (Å²) in [5.41, 5.74) is -0.906. The summed E-state index contributed by atoms with van der Waals surface area (Å²) in [5.74, 6) is 0. The van der Waals surface area contributed by atoms with Gasteiger partial charge in [0.15, 0.2) is 0 Å². The molecule has 0 unspecified atom stereocenters. The second-order valence-corrected chi connectivity index (χ2v) is 5.04. The van der Waals surface area contributed by atoms with Gasteiger partial charge in [0.2, 0.25) is 0 Å². The van der Waals surface area contributed by atoms with E-state index in [0.29, 0.717) is 0 Å². The van der Waals surface area contributed by atoms with Crippen molar-refractivity contribution in [1.29, 1.82) is 0 Å². The van der Waals surface area contributed by atoms with Crippen molar-refractivity contribution in [3.05, 3.63) is 42.5 Å². The topological polar surface area (TPSA) is 63.3 Å². The van der Waals surface area contributed by atoms with Gasteiger partial charge in [0.1, 0.15) is 0 Å². The third kappa shape index (κ3) is 1.77. The lowest BCUT2D eigenvalue weighted by Crippen LogP contribution is -2.47. The first-order valence-corrected chi connectivity index (χ1v) is 6.12. The van der Waals surface area contributed by atoms with Crippen LogP contribution >= 0.6 is 0 Å². The molecule has 0 heterocycles. The number of carbonyl (C=O) groups is 1. The smallest absolute Gasteiger partial charge is 0.307 e. The quantitative estimate of drug-likeness (QED) is 0.743. The minimum atomic E-state index is -1.99. The van der Waals surface area contributed by atoms with Crippen molar-refractivity contribution < 1.29 is 9.90 Å². The highest BCUT2D eigenvalue weighted by Crippen LogP contribution is 2.10. The maximum absolute atomic E-state index is 10.9. The maximum Gasteiger partial charge on any atom is 0.307 e. The van der Waals surface area contributed by atoms with Gasteiger partial charge in [0.05, 0.1) is 0 Å².